The van der Waals surface area contributed by atoms with E-state index in [4.69, 9.17) is 4.74 Å². The van der Waals surface area contributed by atoms with Crippen LogP contribution in [-0.4, -0.2) is 46.6 Å². The van der Waals surface area contributed by atoms with Gasteiger partial charge in [-0.15, -0.1) is 0 Å². The van der Waals surface area contributed by atoms with Gasteiger partial charge in [0.05, 0.1) is 6.61 Å². The summed E-state index contributed by atoms with van der Waals surface area (Å²) in [6.45, 7) is 5.05. The molecule has 2 atom stereocenters. The van der Waals surface area contributed by atoms with Gasteiger partial charge in [0.15, 0.2) is 0 Å². The van der Waals surface area contributed by atoms with E-state index < -0.39 is 0 Å². The van der Waals surface area contributed by atoms with Gasteiger partial charge in [0.1, 0.15) is 0 Å². The lowest BCUT2D eigenvalue weighted by Crippen LogP contribution is -2.34. The van der Waals surface area contributed by atoms with E-state index in [1.807, 2.05) is 6.92 Å². The lowest BCUT2D eigenvalue weighted by Gasteiger charge is -2.21. The highest BCUT2D eigenvalue weighted by Crippen LogP contribution is 2.29. The van der Waals surface area contributed by atoms with E-state index in [0.29, 0.717) is 30.5 Å². The van der Waals surface area contributed by atoms with Gasteiger partial charge in [0.25, 0.3) is 0 Å². The Balaban J connectivity index is 1.67. The standard InChI is InChI=1S/C13H20N4O/c1-2-18-12-5-7-14-13(16-12)15-10-6-9-17-8-3-4-11(10)17/h5,7,10-11H,2-4,6,8-9H2,1H3,(H,14,15,16). The van der Waals surface area contributed by atoms with E-state index in [9.17, 15) is 0 Å². The van der Waals surface area contributed by atoms with Crippen LogP contribution in [0.1, 0.15) is 26.2 Å². The monoisotopic (exact) mass is 248 g/mol. The van der Waals surface area contributed by atoms with Gasteiger partial charge in [0.2, 0.25) is 11.8 Å². The molecule has 5 nitrogen and oxygen atoms in total. The number of rotatable bonds is 4. The fourth-order valence-corrected chi connectivity index (χ4v) is 3.06. The van der Waals surface area contributed by atoms with E-state index >= 15 is 0 Å². The largest absolute Gasteiger partial charge is 0.478 e. The summed E-state index contributed by atoms with van der Waals surface area (Å²) in [6.07, 6.45) is 5.56. The number of ether oxygens (including phenoxy) is 1. The van der Waals surface area contributed by atoms with Gasteiger partial charge in [-0.3, -0.25) is 4.90 Å². The third-order valence-corrected chi connectivity index (χ3v) is 3.84. The van der Waals surface area contributed by atoms with Crippen molar-refractivity contribution in [3.05, 3.63) is 12.3 Å². The van der Waals surface area contributed by atoms with Crippen molar-refractivity contribution in [2.45, 2.75) is 38.3 Å². The highest BCUT2D eigenvalue weighted by Gasteiger charge is 2.37. The molecular weight excluding hydrogens is 228 g/mol. The summed E-state index contributed by atoms with van der Waals surface area (Å²) in [5, 5.41) is 3.47. The first-order valence-corrected chi connectivity index (χ1v) is 6.83. The van der Waals surface area contributed by atoms with E-state index in [-0.39, 0.29) is 0 Å². The van der Waals surface area contributed by atoms with E-state index in [2.05, 4.69) is 20.2 Å². The van der Waals surface area contributed by atoms with Crippen molar-refractivity contribution in [3.63, 3.8) is 0 Å². The molecule has 0 radical (unpaired) electrons. The molecule has 1 aromatic rings. The molecule has 0 spiro atoms. The van der Waals surface area contributed by atoms with Gasteiger partial charge < -0.3 is 10.1 Å². The number of nitrogens with zero attached hydrogens (tertiary/aromatic N) is 3. The van der Waals surface area contributed by atoms with Crippen LogP contribution in [0, 0.1) is 0 Å². The predicted octanol–water partition coefficient (Wildman–Crippen LogP) is 1.52. The number of hydrogen-bond donors (Lipinski definition) is 1. The minimum absolute atomic E-state index is 0.490. The zero-order chi connectivity index (χ0) is 12.4. The predicted molar refractivity (Wildman–Crippen MR) is 69.8 cm³/mol. The van der Waals surface area contributed by atoms with Gasteiger partial charge in [-0.2, -0.15) is 4.98 Å². The normalized spacial score (nSPS) is 27.2. The molecule has 0 amide bonds. The third kappa shape index (κ3) is 2.27. The zero-order valence-corrected chi connectivity index (χ0v) is 10.8. The van der Waals surface area contributed by atoms with Crippen LogP contribution in [0.25, 0.3) is 0 Å². The topological polar surface area (TPSA) is 50.3 Å². The van der Waals surface area contributed by atoms with Crippen LogP contribution in [0.3, 0.4) is 0 Å². The summed E-state index contributed by atoms with van der Waals surface area (Å²) in [6, 6.07) is 2.96. The van der Waals surface area contributed by atoms with Gasteiger partial charge in [-0.25, -0.2) is 4.98 Å². The molecular formula is C13H20N4O. The molecule has 18 heavy (non-hydrogen) atoms. The number of nitrogens with one attached hydrogen (secondary N) is 1. The van der Waals surface area contributed by atoms with Gasteiger partial charge in [-0.1, -0.05) is 0 Å². The minimum Gasteiger partial charge on any atom is -0.478 e. The fraction of sp³-hybridized carbons (Fsp3) is 0.692. The molecule has 2 aliphatic heterocycles. The summed E-state index contributed by atoms with van der Waals surface area (Å²) < 4.78 is 5.40. The van der Waals surface area contributed by atoms with Crippen LogP contribution < -0.4 is 10.1 Å². The summed E-state index contributed by atoms with van der Waals surface area (Å²) in [5.41, 5.74) is 0. The maximum atomic E-state index is 5.40. The second-order valence-corrected chi connectivity index (χ2v) is 4.94. The Morgan fingerprint density at radius 1 is 1.44 bits per heavy atom. The summed E-state index contributed by atoms with van der Waals surface area (Å²) in [5.74, 6) is 1.34. The Bertz CT molecular complexity index is 412. The van der Waals surface area contributed by atoms with E-state index in [1.54, 1.807) is 12.3 Å². The highest BCUT2D eigenvalue weighted by molar-refractivity contribution is 5.30. The number of aromatic nitrogens is 2. The van der Waals surface area contributed by atoms with Crippen molar-refractivity contribution >= 4 is 5.95 Å². The van der Waals surface area contributed by atoms with Crippen molar-refractivity contribution in [2.75, 3.05) is 25.0 Å². The minimum atomic E-state index is 0.490. The zero-order valence-electron chi connectivity index (χ0n) is 10.8. The first-order valence-electron chi connectivity index (χ1n) is 6.83. The van der Waals surface area contributed by atoms with Crippen LogP contribution in [0.15, 0.2) is 12.3 Å². The summed E-state index contributed by atoms with van der Waals surface area (Å²) in [7, 11) is 0. The van der Waals surface area contributed by atoms with Crippen LogP contribution in [0.5, 0.6) is 5.88 Å². The molecule has 3 rings (SSSR count). The van der Waals surface area contributed by atoms with Crippen molar-refractivity contribution in [3.8, 4) is 5.88 Å². The molecule has 0 aliphatic carbocycles. The van der Waals surface area contributed by atoms with Gasteiger partial charge in [0, 0.05) is 30.9 Å². The maximum absolute atomic E-state index is 5.40. The Labute approximate surface area is 108 Å². The van der Waals surface area contributed by atoms with E-state index in [0.717, 1.165) is 0 Å². The highest BCUT2D eigenvalue weighted by atomic mass is 16.5. The second kappa shape index (κ2) is 5.10. The van der Waals surface area contributed by atoms with Gasteiger partial charge in [-0.05, 0) is 32.7 Å². The third-order valence-electron chi connectivity index (χ3n) is 3.84. The number of fused-ring (bicyclic) bond motifs is 1. The molecule has 2 saturated heterocycles. The lowest BCUT2D eigenvalue weighted by molar-refractivity contribution is 0.317. The average molecular weight is 248 g/mol. The van der Waals surface area contributed by atoms with Crippen molar-refractivity contribution < 1.29 is 4.74 Å². The molecule has 98 valence electrons. The number of anilines is 1. The molecule has 0 saturated carbocycles. The fourth-order valence-electron chi connectivity index (χ4n) is 3.06. The van der Waals surface area contributed by atoms with Crippen LogP contribution >= 0.6 is 0 Å². The summed E-state index contributed by atoms with van der Waals surface area (Å²) >= 11 is 0. The van der Waals surface area contributed by atoms with Crippen LogP contribution in [0.4, 0.5) is 5.95 Å². The smallest absolute Gasteiger partial charge is 0.226 e. The molecule has 2 unspecified atom stereocenters. The molecule has 3 heterocycles. The van der Waals surface area contributed by atoms with Crippen molar-refractivity contribution in [1.82, 2.24) is 14.9 Å². The first-order chi connectivity index (χ1) is 8.86. The van der Waals surface area contributed by atoms with Crippen molar-refractivity contribution in [1.29, 1.82) is 0 Å². The van der Waals surface area contributed by atoms with E-state index in [1.165, 1.54) is 32.4 Å². The lowest BCUT2D eigenvalue weighted by atomic mass is 10.1. The Morgan fingerprint density at radius 3 is 3.28 bits per heavy atom. The molecule has 2 fully saturated rings. The Morgan fingerprint density at radius 2 is 2.39 bits per heavy atom. The Kier molecular flexibility index (Phi) is 3.32. The van der Waals surface area contributed by atoms with Crippen LogP contribution in [-0.2, 0) is 0 Å². The first kappa shape index (κ1) is 11.7. The maximum Gasteiger partial charge on any atom is 0.226 e. The molecule has 1 N–H and O–H groups in total. The molecule has 0 bridgehead atoms. The number of hydrogen-bond acceptors (Lipinski definition) is 5. The SMILES string of the molecule is CCOc1ccnc(NC2CCN3CCCC23)n1. The molecule has 1 aromatic heterocycles. The second-order valence-electron chi connectivity index (χ2n) is 4.94. The van der Waals surface area contributed by atoms with Crippen molar-refractivity contribution in [2.24, 2.45) is 0 Å². The quantitative estimate of drug-likeness (QED) is 0.875. The average Bonchev–Trinajstić information content (AvgIpc) is 2.95. The summed E-state index contributed by atoms with van der Waals surface area (Å²) in [4.78, 5) is 11.2. The van der Waals surface area contributed by atoms with Crippen LogP contribution in [0.2, 0.25) is 0 Å². The van der Waals surface area contributed by atoms with Gasteiger partial charge >= 0.3 is 0 Å². The molecule has 0 aromatic carbocycles. The molecule has 2 aliphatic rings. The molecule has 5 heteroatoms. The Hall–Kier alpha value is -1.36.